The number of carbonyl (C=O) groups excluding carboxylic acids is 1. The van der Waals surface area contributed by atoms with Crippen LogP contribution in [0.1, 0.15) is 24.8 Å². The van der Waals surface area contributed by atoms with Crippen molar-refractivity contribution in [2.75, 3.05) is 6.54 Å². The van der Waals surface area contributed by atoms with Crippen molar-refractivity contribution in [1.82, 2.24) is 14.5 Å². The van der Waals surface area contributed by atoms with Crippen LogP contribution in [0, 0.1) is 12.8 Å². The number of imidazole rings is 1. The highest BCUT2D eigenvalue weighted by atomic mass is 35.5. The van der Waals surface area contributed by atoms with Crippen LogP contribution >= 0.6 is 23.2 Å². The van der Waals surface area contributed by atoms with Gasteiger partial charge in [0.05, 0.1) is 10.0 Å². The van der Waals surface area contributed by atoms with E-state index in [-0.39, 0.29) is 0 Å². The molecular formula is C18H19Cl2N3O. The van der Waals surface area contributed by atoms with Gasteiger partial charge in [-0.3, -0.25) is 4.79 Å². The first kappa shape index (κ1) is 16.0. The first-order valence-corrected chi connectivity index (χ1v) is 9.05. The molecule has 24 heavy (non-hydrogen) atoms. The minimum Gasteiger partial charge on any atom is -0.339 e. The molecule has 1 aromatic heterocycles. The molecule has 1 amide bonds. The Morgan fingerprint density at radius 2 is 2.04 bits per heavy atom. The van der Waals surface area contributed by atoms with Gasteiger partial charge < -0.3 is 9.47 Å². The van der Waals surface area contributed by atoms with E-state index in [1.165, 1.54) is 0 Å². The number of hydrogen-bond acceptors (Lipinski definition) is 2. The second kappa shape index (κ2) is 6.08. The van der Waals surface area contributed by atoms with Gasteiger partial charge in [-0.1, -0.05) is 29.3 Å². The molecule has 4 rings (SSSR count). The Hall–Kier alpha value is -1.52. The zero-order valence-corrected chi connectivity index (χ0v) is 15.0. The number of benzene rings is 1. The van der Waals surface area contributed by atoms with Gasteiger partial charge in [-0.25, -0.2) is 4.98 Å². The summed E-state index contributed by atoms with van der Waals surface area (Å²) in [6, 6.07) is 4.41. The van der Waals surface area contributed by atoms with E-state index >= 15 is 0 Å². The van der Waals surface area contributed by atoms with Gasteiger partial charge in [0.25, 0.3) is 0 Å². The molecule has 1 aliphatic carbocycles. The maximum atomic E-state index is 12.1. The summed E-state index contributed by atoms with van der Waals surface area (Å²) in [5.74, 6) is 1.42. The Bertz CT molecular complexity index is 798. The van der Waals surface area contributed by atoms with Crippen molar-refractivity contribution in [2.45, 2.75) is 38.8 Å². The summed E-state index contributed by atoms with van der Waals surface area (Å²) in [7, 11) is 0. The Balaban J connectivity index is 1.57. The van der Waals surface area contributed by atoms with E-state index in [0.717, 1.165) is 42.9 Å². The molecule has 2 heterocycles. The maximum absolute atomic E-state index is 12.1. The molecule has 6 heteroatoms. The Kier molecular flexibility index (Phi) is 4.05. The Labute approximate surface area is 151 Å². The average Bonchev–Trinajstić information content (AvgIpc) is 3.20. The van der Waals surface area contributed by atoms with Crippen LogP contribution in [0.2, 0.25) is 10.0 Å². The molecule has 2 aromatic rings. The third-order valence-corrected chi connectivity index (χ3v) is 5.89. The minimum atomic E-state index is 0.292. The summed E-state index contributed by atoms with van der Waals surface area (Å²) in [6.07, 6.45) is 6.66. The van der Waals surface area contributed by atoms with Crippen LogP contribution in [0.3, 0.4) is 0 Å². The number of hydrogen-bond donors (Lipinski definition) is 0. The third-order valence-electron chi connectivity index (χ3n) is 4.91. The van der Waals surface area contributed by atoms with E-state index in [4.69, 9.17) is 23.2 Å². The molecule has 126 valence electrons. The molecular weight excluding hydrogens is 345 g/mol. The first-order valence-electron chi connectivity index (χ1n) is 8.30. The van der Waals surface area contributed by atoms with Crippen LogP contribution in [-0.4, -0.2) is 32.9 Å². The molecule has 1 saturated carbocycles. The zero-order chi connectivity index (χ0) is 16.8. The highest BCUT2D eigenvalue weighted by molar-refractivity contribution is 6.44. The molecule has 0 bridgehead atoms. The van der Waals surface area contributed by atoms with Crippen molar-refractivity contribution in [1.29, 1.82) is 0 Å². The van der Waals surface area contributed by atoms with Crippen LogP contribution < -0.4 is 0 Å². The van der Waals surface area contributed by atoms with Crippen LogP contribution in [0.15, 0.2) is 24.5 Å². The molecule has 1 aliphatic heterocycles. The Morgan fingerprint density at radius 3 is 2.79 bits per heavy atom. The number of halogens is 2. The SMILES string of the molecule is Cc1ccc(-c2nccn2C[C@@H]2CC(=O)N(C3CC3)C2)c(Cl)c1Cl. The van der Waals surface area contributed by atoms with Crippen molar-refractivity contribution < 1.29 is 4.79 Å². The van der Waals surface area contributed by atoms with E-state index < -0.39 is 0 Å². The molecule has 2 fully saturated rings. The summed E-state index contributed by atoms with van der Waals surface area (Å²) >= 11 is 12.7. The van der Waals surface area contributed by atoms with Crippen molar-refractivity contribution in [2.24, 2.45) is 5.92 Å². The van der Waals surface area contributed by atoms with E-state index in [0.29, 0.717) is 34.3 Å². The number of carbonyl (C=O) groups is 1. The van der Waals surface area contributed by atoms with E-state index in [9.17, 15) is 4.79 Å². The molecule has 1 aromatic carbocycles. The van der Waals surface area contributed by atoms with Gasteiger partial charge in [0.1, 0.15) is 5.82 Å². The third kappa shape index (κ3) is 2.82. The first-order chi connectivity index (χ1) is 11.5. The van der Waals surface area contributed by atoms with E-state index in [1.807, 2.05) is 25.3 Å². The number of aromatic nitrogens is 2. The van der Waals surface area contributed by atoms with Crippen molar-refractivity contribution in [3.05, 3.63) is 40.1 Å². The lowest BCUT2D eigenvalue weighted by Gasteiger charge is -2.17. The fraction of sp³-hybridized carbons (Fsp3) is 0.444. The summed E-state index contributed by atoms with van der Waals surface area (Å²) in [5.41, 5.74) is 1.78. The number of likely N-dealkylation sites (tertiary alicyclic amines) is 1. The predicted molar refractivity (Wildman–Crippen MR) is 95.3 cm³/mol. The molecule has 1 atom stereocenters. The van der Waals surface area contributed by atoms with Gasteiger partial charge in [0, 0.05) is 49.4 Å². The van der Waals surface area contributed by atoms with Crippen molar-refractivity contribution >= 4 is 29.1 Å². The van der Waals surface area contributed by atoms with E-state index in [1.54, 1.807) is 6.20 Å². The second-order valence-corrected chi connectivity index (χ2v) is 7.56. The largest absolute Gasteiger partial charge is 0.339 e. The standard InChI is InChI=1S/C18H19Cl2N3O/c1-11-2-5-14(17(20)16(11)19)18-21-6-7-22(18)9-12-8-15(24)23(10-12)13-3-4-13/h2,5-7,12-13H,3-4,8-10H2,1H3/t12-/m0/s1. The molecule has 0 N–H and O–H groups in total. The monoisotopic (exact) mass is 363 g/mol. The van der Waals surface area contributed by atoms with Gasteiger partial charge >= 0.3 is 0 Å². The topological polar surface area (TPSA) is 38.1 Å². The van der Waals surface area contributed by atoms with Crippen molar-refractivity contribution in [3.63, 3.8) is 0 Å². The van der Waals surface area contributed by atoms with Crippen LogP contribution in [0.25, 0.3) is 11.4 Å². The number of amides is 1. The normalized spacial score (nSPS) is 20.9. The van der Waals surface area contributed by atoms with Gasteiger partial charge in [-0.05, 0) is 31.4 Å². The summed E-state index contributed by atoms with van der Waals surface area (Å²) < 4.78 is 2.08. The second-order valence-electron chi connectivity index (χ2n) is 6.81. The lowest BCUT2D eigenvalue weighted by molar-refractivity contribution is -0.128. The zero-order valence-electron chi connectivity index (χ0n) is 13.5. The number of aryl methyl sites for hydroxylation is 1. The smallest absolute Gasteiger partial charge is 0.223 e. The lowest BCUT2D eigenvalue weighted by atomic mass is 10.1. The number of nitrogens with zero attached hydrogens (tertiary/aromatic N) is 3. The molecule has 0 radical (unpaired) electrons. The fourth-order valence-corrected chi connectivity index (χ4v) is 3.93. The lowest BCUT2D eigenvalue weighted by Crippen LogP contribution is -2.27. The summed E-state index contributed by atoms with van der Waals surface area (Å²) in [4.78, 5) is 18.7. The Morgan fingerprint density at radius 1 is 1.25 bits per heavy atom. The molecule has 0 spiro atoms. The summed E-state index contributed by atoms with van der Waals surface area (Å²) in [5, 5.41) is 1.10. The highest BCUT2D eigenvalue weighted by Gasteiger charge is 2.39. The molecule has 1 saturated heterocycles. The van der Waals surface area contributed by atoms with Crippen molar-refractivity contribution in [3.8, 4) is 11.4 Å². The van der Waals surface area contributed by atoms with E-state index in [2.05, 4.69) is 14.5 Å². The van der Waals surface area contributed by atoms with Crippen LogP contribution in [0.5, 0.6) is 0 Å². The highest BCUT2D eigenvalue weighted by Crippen LogP contribution is 2.36. The van der Waals surface area contributed by atoms with Crippen LogP contribution in [-0.2, 0) is 11.3 Å². The van der Waals surface area contributed by atoms with Gasteiger partial charge in [-0.15, -0.1) is 0 Å². The minimum absolute atomic E-state index is 0.292. The fourth-order valence-electron chi connectivity index (χ4n) is 3.47. The molecule has 4 nitrogen and oxygen atoms in total. The molecule has 0 unspecified atom stereocenters. The average molecular weight is 364 g/mol. The maximum Gasteiger partial charge on any atom is 0.223 e. The van der Waals surface area contributed by atoms with Gasteiger partial charge in [-0.2, -0.15) is 0 Å². The predicted octanol–water partition coefficient (Wildman–Crippen LogP) is 4.18. The van der Waals surface area contributed by atoms with Crippen LogP contribution in [0.4, 0.5) is 0 Å². The van der Waals surface area contributed by atoms with Gasteiger partial charge in [0.15, 0.2) is 0 Å². The van der Waals surface area contributed by atoms with Gasteiger partial charge in [0.2, 0.25) is 5.91 Å². The quantitative estimate of drug-likeness (QED) is 0.817. The number of rotatable bonds is 4. The molecule has 2 aliphatic rings. The summed E-state index contributed by atoms with van der Waals surface area (Å²) in [6.45, 7) is 3.55.